The highest BCUT2D eigenvalue weighted by atomic mass is 127. The zero-order valence-electron chi connectivity index (χ0n) is 11.0. The third-order valence-corrected chi connectivity index (χ3v) is 4.18. The summed E-state index contributed by atoms with van der Waals surface area (Å²) in [5, 5.41) is 8.05. The number of rotatable bonds is 3. The van der Waals surface area contributed by atoms with Gasteiger partial charge in [0.15, 0.2) is 10.8 Å². The maximum absolute atomic E-state index is 6.05. The lowest BCUT2D eigenvalue weighted by atomic mass is 10.2. The van der Waals surface area contributed by atoms with Gasteiger partial charge in [0, 0.05) is 25.7 Å². The highest BCUT2D eigenvalue weighted by Gasteiger charge is 2.18. The molecular weight excluding hydrogens is 393 g/mol. The van der Waals surface area contributed by atoms with Crippen LogP contribution in [0.5, 0.6) is 0 Å². The molecule has 1 N–H and O–H groups in total. The predicted molar refractivity (Wildman–Crippen MR) is 86.4 cm³/mol. The lowest BCUT2D eigenvalue weighted by Crippen LogP contribution is -2.43. The number of hydrogen-bond acceptors (Lipinski definition) is 5. The van der Waals surface area contributed by atoms with E-state index in [1.54, 1.807) is 16.8 Å². The number of likely N-dealkylation sites (N-methyl/N-ethyl adjacent to an activating group) is 1. The molecular formula is C12H15ClIN5O. The Morgan fingerprint density at radius 2 is 2.45 bits per heavy atom. The Balaban J connectivity index is 1.77. The monoisotopic (exact) mass is 407 g/mol. The lowest BCUT2D eigenvalue weighted by molar-refractivity contribution is -0.0117. The van der Waals surface area contributed by atoms with Crippen LogP contribution in [0.3, 0.4) is 0 Å². The number of aromatic nitrogens is 3. The molecule has 3 rings (SSSR count). The summed E-state index contributed by atoms with van der Waals surface area (Å²) in [5.41, 5.74) is 1.66. The van der Waals surface area contributed by atoms with E-state index in [1.807, 2.05) is 0 Å². The predicted octanol–water partition coefficient (Wildman–Crippen LogP) is 1.73. The first-order valence-corrected chi connectivity index (χ1v) is 7.83. The van der Waals surface area contributed by atoms with E-state index in [1.165, 1.54) is 0 Å². The number of nitrogens with zero attached hydrogens (tertiary/aromatic N) is 4. The highest BCUT2D eigenvalue weighted by Crippen LogP contribution is 2.21. The molecule has 0 spiro atoms. The largest absolute Gasteiger partial charge is 0.379 e. The first kappa shape index (κ1) is 14.3. The van der Waals surface area contributed by atoms with Crippen LogP contribution >= 0.6 is 34.2 Å². The normalized spacial score (nSPS) is 20.4. The van der Waals surface area contributed by atoms with Crippen molar-refractivity contribution in [2.24, 2.45) is 0 Å². The van der Waals surface area contributed by atoms with E-state index in [9.17, 15) is 0 Å². The third-order valence-electron chi connectivity index (χ3n) is 3.26. The quantitative estimate of drug-likeness (QED) is 0.786. The summed E-state index contributed by atoms with van der Waals surface area (Å²) in [4.78, 5) is 6.63. The molecule has 20 heavy (non-hydrogen) atoms. The molecule has 2 aromatic rings. The molecule has 6 nitrogen and oxygen atoms in total. The van der Waals surface area contributed by atoms with Gasteiger partial charge in [0.1, 0.15) is 3.70 Å². The molecule has 1 atom stereocenters. The van der Waals surface area contributed by atoms with E-state index in [-0.39, 0.29) is 6.10 Å². The van der Waals surface area contributed by atoms with Gasteiger partial charge in [-0.25, -0.2) is 9.50 Å². The van der Waals surface area contributed by atoms with Crippen molar-refractivity contribution in [3.63, 3.8) is 0 Å². The van der Waals surface area contributed by atoms with E-state index >= 15 is 0 Å². The van der Waals surface area contributed by atoms with Gasteiger partial charge in [0.05, 0.1) is 24.6 Å². The SMILES string of the molecule is CN1CCOC(CNc2cc(Cl)nn3c(I)cnc23)C1. The summed E-state index contributed by atoms with van der Waals surface area (Å²) in [5.74, 6) is 0. The average molecular weight is 408 g/mol. The molecule has 2 aromatic heterocycles. The molecule has 0 amide bonds. The van der Waals surface area contributed by atoms with Crippen molar-refractivity contribution >= 4 is 45.5 Å². The van der Waals surface area contributed by atoms with Gasteiger partial charge in [0.25, 0.3) is 0 Å². The van der Waals surface area contributed by atoms with Gasteiger partial charge in [-0.3, -0.25) is 0 Å². The second kappa shape index (κ2) is 6.00. The van der Waals surface area contributed by atoms with Crippen molar-refractivity contribution in [1.29, 1.82) is 0 Å². The number of morpholine rings is 1. The second-order valence-electron chi connectivity index (χ2n) is 4.83. The average Bonchev–Trinajstić information content (AvgIpc) is 2.78. The highest BCUT2D eigenvalue weighted by molar-refractivity contribution is 14.1. The van der Waals surface area contributed by atoms with E-state index in [0.29, 0.717) is 5.15 Å². The molecule has 0 radical (unpaired) electrons. The van der Waals surface area contributed by atoms with Crippen LogP contribution in [-0.2, 0) is 4.74 Å². The summed E-state index contributed by atoms with van der Waals surface area (Å²) in [7, 11) is 2.11. The van der Waals surface area contributed by atoms with Gasteiger partial charge < -0.3 is 15.0 Å². The summed E-state index contributed by atoms with van der Waals surface area (Å²) in [6.45, 7) is 3.41. The van der Waals surface area contributed by atoms with Gasteiger partial charge in [-0.05, 0) is 29.6 Å². The molecule has 108 valence electrons. The molecule has 1 aliphatic heterocycles. The molecule has 0 saturated carbocycles. The number of halogens is 2. The molecule has 3 heterocycles. The van der Waals surface area contributed by atoms with Crippen molar-refractivity contribution in [2.45, 2.75) is 6.10 Å². The maximum Gasteiger partial charge on any atom is 0.178 e. The summed E-state index contributed by atoms with van der Waals surface area (Å²) >= 11 is 8.24. The third kappa shape index (κ3) is 3.00. The van der Waals surface area contributed by atoms with Crippen molar-refractivity contribution < 1.29 is 4.74 Å². The summed E-state index contributed by atoms with van der Waals surface area (Å²) in [6.07, 6.45) is 1.95. The van der Waals surface area contributed by atoms with Crippen LogP contribution in [0.4, 0.5) is 5.69 Å². The van der Waals surface area contributed by atoms with Gasteiger partial charge in [-0.1, -0.05) is 11.6 Å². The zero-order valence-corrected chi connectivity index (χ0v) is 13.9. The minimum absolute atomic E-state index is 0.176. The Morgan fingerprint density at radius 1 is 1.60 bits per heavy atom. The summed E-state index contributed by atoms with van der Waals surface area (Å²) in [6, 6.07) is 1.80. The molecule has 0 bridgehead atoms. The molecule has 0 aliphatic carbocycles. The van der Waals surface area contributed by atoms with Crippen LogP contribution in [0.1, 0.15) is 0 Å². The van der Waals surface area contributed by atoms with Crippen LogP contribution in [0.25, 0.3) is 5.65 Å². The van der Waals surface area contributed by atoms with Crippen LogP contribution in [0.15, 0.2) is 12.3 Å². The molecule has 8 heteroatoms. The number of anilines is 1. The number of hydrogen-bond donors (Lipinski definition) is 1. The molecule has 1 saturated heterocycles. The number of ether oxygens (including phenoxy) is 1. The Kier molecular flexibility index (Phi) is 4.29. The Hall–Kier alpha value is -0.640. The molecule has 1 unspecified atom stereocenters. The maximum atomic E-state index is 6.05. The zero-order chi connectivity index (χ0) is 14.1. The second-order valence-corrected chi connectivity index (χ2v) is 6.33. The first-order chi connectivity index (χ1) is 9.63. The lowest BCUT2D eigenvalue weighted by Gasteiger charge is -2.30. The van der Waals surface area contributed by atoms with E-state index in [2.05, 4.69) is 49.9 Å². The smallest absolute Gasteiger partial charge is 0.178 e. The van der Waals surface area contributed by atoms with E-state index in [4.69, 9.17) is 16.3 Å². The fraction of sp³-hybridized carbons (Fsp3) is 0.500. The minimum atomic E-state index is 0.176. The number of nitrogens with one attached hydrogen (secondary N) is 1. The van der Waals surface area contributed by atoms with Crippen molar-refractivity contribution in [1.82, 2.24) is 19.5 Å². The minimum Gasteiger partial charge on any atom is -0.379 e. The molecule has 1 aliphatic rings. The summed E-state index contributed by atoms with van der Waals surface area (Å²) < 4.78 is 8.40. The Labute approximate surface area is 135 Å². The first-order valence-electron chi connectivity index (χ1n) is 6.37. The molecule has 1 fully saturated rings. The number of fused-ring (bicyclic) bond motifs is 1. The van der Waals surface area contributed by atoms with Gasteiger partial charge in [-0.2, -0.15) is 5.10 Å². The van der Waals surface area contributed by atoms with Crippen molar-refractivity contribution in [3.8, 4) is 0 Å². The Morgan fingerprint density at radius 3 is 3.25 bits per heavy atom. The van der Waals surface area contributed by atoms with Crippen LogP contribution in [-0.4, -0.2) is 58.9 Å². The van der Waals surface area contributed by atoms with E-state index < -0.39 is 0 Å². The van der Waals surface area contributed by atoms with Crippen LogP contribution < -0.4 is 5.32 Å². The Bertz CT molecular complexity index is 619. The van der Waals surface area contributed by atoms with Crippen LogP contribution in [0, 0.1) is 3.70 Å². The standard InChI is InChI=1S/C12H15ClIN5O/c1-18-2-3-20-8(7-18)5-15-9-4-10(13)17-19-11(14)6-16-12(9)19/h4,6,8,15H,2-3,5,7H2,1H3. The van der Waals surface area contributed by atoms with Gasteiger partial charge >= 0.3 is 0 Å². The van der Waals surface area contributed by atoms with Crippen LogP contribution in [0.2, 0.25) is 5.15 Å². The van der Waals surface area contributed by atoms with E-state index in [0.717, 1.165) is 41.3 Å². The fourth-order valence-corrected chi connectivity index (χ4v) is 2.92. The van der Waals surface area contributed by atoms with Gasteiger partial charge in [0.2, 0.25) is 0 Å². The van der Waals surface area contributed by atoms with Crippen molar-refractivity contribution in [2.75, 3.05) is 38.6 Å². The fourth-order valence-electron chi connectivity index (χ4n) is 2.26. The number of imidazole rings is 1. The molecule has 0 aromatic carbocycles. The van der Waals surface area contributed by atoms with Crippen molar-refractivity contribution in [3.05, 3.63) is 21.1 Å². The van der Waals surface area contributed by atoms with Gasteiger partial charge in [-0.15, -0.1) is 0 Å². The topological polar surface area (TPSA) is 54.7 Å².